The van der Waals surface area contributed by atoms with Crippen LogP contribution in [-0.2, 0) is 15.0 Å². The molecule has 2 aromatic rings. The molecule has 1 heterocycles. The molecule has 1 aromatic heterocycles. The number of aromatic nitrogens is 2. The van der Waals surface area contributed by atoms with Crippen LogP contribution in [0.1, 0.15) is 37.4 Å². The lowest BCUT2D eigenvalue weighted by Crippen LogP contribution is -2.49. The first-order valence-electron chi connectivity index (χ1n) is 11.4. The molecule has 178 valence electrons. The number of nitrogens with zero attached hydrogens (tertiary/aromatic N) is 3. The van der Waals surface area contributed by atoms with Crippen molar-refractivity contribution in [3.8, 4) is 11.3 Å². The maximum absolute atomic E-state index is 14.4. The lowest BCUT2D eigenvalue weighted by atomic mass is 9.70. The van der Waals surface area contributed by atoms with E-state index in [4.69, 9.17) is 0 Å². The standard InChI is InChI=1S/C25H26F2N4O3/c1-13-9-25(12-31(6-7-32)20(34)11-28-14(2)33)10-16-21(13)22(16)15-8-19(29-30-24(15)25)23-17(26)4-3-5-18(23)27/h3-5,8-9,16,21-22,32H,6-7,10-12H2,1-2H3,(H,28,33)/t16?,21?,22-,25-/m1/s1. The molecular weight excluding hydrogens is 442 g/mol. The minimum Gasteiger partial charge on any atom is -0.395 e. The Bertz CT molecular complexity index is 1200. The van der Waals surface area contributed by atoms with Crippen LogP contribution in [0.4, 0.5) is 8.78 Å². The van der Waals surface area contributed by atoms with Crippen LogP contribution in [0, 0.1) is 23.5 Å². The van der Waals surface area contributed by atoms with Crippen molar-refractivity contribution < 1.29 is 23.5 Å². The molecule has 1 fully saturated rings. The van der Waals surface area contributed by atoms with Crippen LogP contribution in [0.25, 0.3) is 11.3 Å². The van der Waals surface area contributed by atoms with Crippen molar-refractivity contribution in [1.82, 2.24) is 20.4 Å². The molecule has 3 aliphatic carbocycles. The third-order valence-corrected chi connectivity index (χ3v) is 7.36. The van der Waals surface area contributed by atoms with Crippen molar-refractivity contribution in [1.29, 1.82) is 0 Å². The Kier molecular flexibility index (Phi) is 5.47. The predicted molar refractivity (Wildman–Crippen MR) is 120 cm³/mol. The smallest absolute Gasteiger partial charge is 0.242 e. The highest BCUT2D eigenvalue weighted by Gasteiger charge is 2.63. The van der Waals surface area contributed by atoms with Crippen LogP contribution in [0.5, 0.6) is 0 Å². The van der Waals surface area contributed by atoms with E-state index in [9.17, 15) is 23.5 Å². The van der Waals surface area contributed by atoms with Gasteiger partial charge in [-0.15, -0.1) is 5.10 Å². The molecule has 0 aliphatic heterocycles. The van der Waals surface area contributed by atoms with Crippen LogP contribution in [0.15, 0.2) is 35.9 Å². The Morgan fingerprint density at radius 3 is 2.65 bits per heavy atom. The van der Waals surface area contributed by atoms with Gasteiger partial charge in [0.2, 0.25) is 11.8 Å². The summed E-state index contributed by atoms with van der Waals surface area (Å²) in [5.41, 5.74) is 2.18. The molecular formula is C25H26F2N4O3. The molecule has 4 atom stereocenters. The summed E-state index contributed by atoms with van der Waals surface area (Å²) in [5.74, 6) is -1.07. The van der Waals surface area contributed by atoms with Gasteiger partial charge < -0.3 is 15.3 Å². The highest BCUT2D eigenvalue weighted by Crippen LogP contribution is 2.69. The first-order chi connectivity index (χ1) is 16.3. The quantitative estimate of drug-likeness (QED) is 0.608. The number of fused-ring (bicyclic) bond motifs is 5. The van der Waals surface area contributed by atoms with Gasteiger partial charge in [0.15, 0.2) is 0 Å². The first kappa shape index (κ1) is 22.6. The molecule has 2 unspecified atom stereocenters. The van der Waals surface area contributed by atoms with Crippen molar-refractivity contribution in [3.63, 3.8) is 0 Å². The number of carbonyl (C=O) groups excluding carboxylic acids is 2. The summed E-state index contributed by atoms with van der Waals surface area (Å²) in [4.78, 5) is 25.7. The molecule has 3 aliphatic rings. The second-order valence-corrected chi connectivity index (χ2v) is 9.54. The number of amides is 2. The Hall–Kier alpha value is -3.20. The number of nitrogens with one attached hydrogen (secondary N) is 1. The largest absolute Gasteiger partial charge is 0.395 e. The van der Waals surface area contributed by atoms with Crippen molar-refractivity contribution in [2.75, 3.05) is 26.2 Å². The Balaban J connectivity index is 1.54. The fourth-order valence-corrected chi connectivity index (χ4v) is 6.01. The van der Waals surface area contributed by atoms with E-state index in [1.54, 1.807) is 11.0 Å². The number of rotatable bonds is 7. The van der Waals surface area contributed by atoms with E-state index in [1.165, 1.54) is 30.7 Å². The van der Waals surface area contributed by atoms with Crippen LogP contribution in [-0.4, -0.2) is 58.3 Å². The summed E-state index contributed by atoms with van der Waals surface area (Å²) in [6.45, 7) is 3.42. The van der Waals surface area contributed by atoms with Gasteiger partial charge in [0.1, 0.15) is 11.6 Å². The normalized spacial score (nSPS) is 25.8. The summed E-state index contributed by atoms with van der Waals surface area (Å²) in [6, 6.07) is 5.46. The molecule has 34 heavy (non-hydrogen) atoms. The molecule has 0 radical (unpaired) electrons. The summed E-state index contributed by atoms with van der Waals surface area (Å²) in [7, 11) is 0. The number of hydrogen-bond acceptors (Lipinski definition) is 5. The lowest BCUT2D eigenvalue weighted by Gasteiger charge is -2.40. The SMILES string of the molecule is CC(=O)NCC(=O)N(CCO)C[C@@]12C=C(C)C3C(C1)[C@H]3c1cc(-c3c(F)cccc3F)nnc12. The third kappa shape index (κ3) is 3.58. The van der Waals surface area contributed by atoms with Gasteiger partial charge in [-0.25, -0.2) is 8.78 Å². The zero-order valence-electron chi connectivity index (χ0n) is 19.0. The number of benzene rings is 1. The number of hydrogen-bond donors (Lipinski definition) is 2. The van der Waals surface area contributed by atoms with Crippen molar-refractivity contribution in [3.05, 3.63) is 58.8 Å². The molecule has 2 bridgehead atoms. The van der Waals surface area contributed by atoms with E-state index >= 15 is 0 Å². The predicted octanol–water partition coefficient (Wildman–Crippen LogP) is 2.31. The Morgan fingerprint density at radius 2 is 1.97 bits per heavy atom. The van der Waals surface area contributed by atoms with Crippen LogP contribution in [0.2, 0.25) is 0 Å². The lowest BCUT2D eigenvalue weighted by molar-refractivity contribution is -0.133. The first-order valence-corrected chi connectivity index (χ1v) is 11.4. The molecule has 1 saturated carbocycles. The number of aliphatic hydroxyl groups is 1. The van der Waals surface area contributed by atoms with Crippen LogP contribution >= 0.6 is 0 Å². The number of aliphatic hydroxyl groups excluding tert-OH is 1. The molecule has 5 rings (SSSR count). The number of carbonyl (C=O) groups is 2. The zero-order chi connectivity index (χ0) is 24.2. The van der Waals surface area contributed by atoms with Crippen LogP contribution < -0.4 is 5.32 Å². The Labute approximate surface area is 195 Å². The van der Waals surface area contributed by atoms with Gasteiger partial charge in [0.05, 0.1) is 35.5 Å². The Morgan fingerprint density at radius 1 is 1.24 bits per heavy atom. The minimum absolute atomic E-state index is 0.117. The highest BCUT2D eigenvalue weighted by molar-refractivity contribution is 5.84. The van der Waals surface area contributed by atoms with Gasteiger partial charge in [-0.1, -0.05) is 17.7 Å². The fourth-order valence-electron chi connectivity index (χ4n) is 6.01. The molecule has 1 aromatic carbocycles. The average molecular weight is 469 g/mol. The number of allylic oxidation sites excluding steroid dienone is 1. The van der Waals surface area contributed by atoms with Gasteiger partial charge in [-0.2, -0.15) is 5.10 Å². The number of halogens is 2. The van der Waals surface area contributed by atoms with Gasteiger partial charge in [-0.05, 0) is 54.9 Å². The van der Waals surface area contributed by atoms with E-state index in [0.29, 0.717) is 17.5 Å². The second kappa shape index (κ2) is 8.23. The second-order valence-electron chi connectivity index (χ2n) is 9.54. The van der Waals surface area contributed by atoms with Gasteiger partial charge >= 0.3 is 0 Å². The summed E-state index contributed by atoms with van der Waals surface area (Å²) < 4.78 is 28.9. The van der Waals surface area contributed by atoms with Crippen molar-refractivity contribution in [2.24, 2.45) is 11.8 Å². The van der Waals surface area contributed by atoms with E-state index in [-0.39, 0.29) is 55.2 Å². The van der Waals surface area contributed by atoms with Gasteiger partial charge in [0, 0.05) is 20.0 Å². The maximum Gasteiger partial charge on any atom is 0.242 e. The molecule has 2 N–H and O–H groups in total. The molecule has 0 spiro atoms. The van der Waals surface area contributed by atoms with E-state index in [2.05, 4.69) is 28.5 Å². The molecule has 7 nitrogen and oxygen atoms in total. The highest BCUT2D eigenvalue weighted by atomic mass is 19.1. The van der Waals surface area contributed by atoms with Crippen molar-refractivity contribution >= 4 is 11.8 Å². The zero-order valence-corrected chi connectivity index (χ0v) is 19.0. The fraction of sp³-hybridized carbons (Fsp3) is 0.440. The van der Waals surface area contributed by atoms with E-state index in [0.717, 1.165) is 12.0 Å². The average Bonchev–Trinajstić information content (AvgIpc) is 3.53. The summed E-state index contributed by atoms with van der Waals surface area (Å²) in [5, 5.41) is 20.8. The maximum atomic E-state index is 14.4. The summed E-state index contributed by atoms with van der Waals surface area (Å²) in [6.07, 6.45) is 2.93. The third-order valence-electron chi connectivity index (χ3n) is 7.36. The van der Waals surface area contributed by atoms with E-state index < -0.39 is 17.0 Å². The van der Waals surface area contributed by atoms with E-state index in [1.807, 2.05) is 0 Å². The monoisotopic (exact) mass is 468 g/mol. The van der Waals surface area contributed by atoms with Gasteiger partial charge in [0.25, 0.3) is 0 Å². The van der Waals surface area contributed by atoms with Crippen LogP contribution in [0.3, 0.4) is 0 Å². The van der Waals surface area contributed by atoms with Crippen molar-refractivity contribution in [2.45, 2.75) is 31.6 Å². The summed E-state index contributed by atoms with van der Waals surface area (Å²) >= 11 is 0. The topological polar surface area (TPSA) is 95.4 Å². The molecule has 9 heteroatoms. The van der Waals surface area contributed by atoms with Gasteiger partial charge in [-0.3, -0.25) is 9.59 Å². The minimum atomic E-state index is -0.693. The molecule has 0 saturated heterocycles. The molecule has 2 amide bonds.